The topological polar surface area (TPSA) is 71.0 Å². The number of hydrogen-bond acceptors (Lipinski definition) is 5. The molecule has 1 N–H and O–H groups in total. The Morgan fingerprint density at radius 2 is 2.04 bits per heavy atom. The molecule has 0 saturated heterocycles. The molecule has 1 aromatic carbocycles. The second-order valence-corrected chi connectivity index (χ2v) is 6.47. The molecule has 0 spiro atoms. The zero-order chi connectivity index (χ0) is 17.4. The highest BCUT2D eigenvalue weighted by atomic mass is 16.2. The molecule has 25 heavy (non-hydrogen) atoms. The molecular weight excluding hydrogens is 314 g/mol. The summed E-state index contributed by atoms with van der Waals surface area (Å²) in [5, 5.41) is 4.44. The largest absolute Gasteiger partial charge is 0.366 e. The van der Waals surface area contributed by atoms with Crippen LogP contribution in [-0.4, -0.2) is 31.8 Å². The molecule has 3 aromatic rings. The predicted octanol–water partition coefficient (Wildman–Crippen LogP) is 3.00. The van der Waals surface area contributed by atoms with E-state index in [0.29, 0.717) is 18.8 Å². The minimum absolute atomic E-state index is 0.0252. The van der Waals surface area contributed by atoms with E-state index in [1.165, 1.54) is 6.33 Å². The normalized spacial score (nSPS) is 13.6. The number of hydrogen-bond donors (Lipinski definition) is 1. The molecule has 1 aliphatic rings. The summed E-state index contributed by atoms with van der Waals surface area (Å²) in [6, 6.07) is 10.3. The maximum Gasteiger partial charge on any atom is 0.273 e. The van der Waals surface area contributed by atoms with Gasteiger partial charge in [-0.25, -0.2) is 9.97 Å². The molecule has 6 heteroatoms. The van der Waals surface area contributed by atoms with Gasteiger partial charge in [-0.05, 0) is 31.5 Å². The Morgan fingerprint density at radius 1 is 1.20 bits per heavy atom. The molecule has 4 rings (SSSR count). The van der Waals surface area contributed by atoms with Crippen molar-refractivity contribution in [2.75, 3.05) is 5.32 Å². The van der Waals surface area contributed by atoms with Crippen LogP contribution in [0.1, 0.15) is 35.5 Å². The zero-order valence-electron chi connectivity index (χ0n) is 14.2. The number of fused-ring (bicyclic) bond motifs is 2. The van der Waals surface area contributed by atoms with Crippen LogP contribution in [-0.2, 0) is 13.1 Å². The third kappa shape index (κ3) is 2.80. The third-order valence-electron chi connectivity index (χ3n) is 4.47. The van der Waals surface area contributed by atoms with E-state index < -0.39 is 0 Å². The van der Waals surface area contributed by atoms with Crippen molar-refractivity contribution in [2.24, 2.45) is 0 Å². The lowest BCUT2D eigenvalue weighted by atomic mass is 10.1. The summed E-state index contributed by atoms with van der Waals surface area (Å²) in [7, 11) is 0. The molecule has 0 unspecified atom stereocenters. The minimum atomic E-state index is -0.0252. The van der Waals surface area contributed by atoms with E-state index in [-0.39, 0.29) is 11.9 Å². The zero-order valence-corrected chi connectivity index (χ0v) is 14.2. The van der Waals surface area contributed by atoms with Gasteiger partial charge in [0, 0.05) is 29.7 Å². The van der Waals surface area contributed by atoms with Gasteiger partial charge in [0.25, 0.3) is 5.91 Å². The van der Waals surface area contributed by atoms with Crippen LogP contribution in [0.2, 0.25) is 0 Å². The van der Waals surface area contributed by atoms with Crippen molar-refractivity contribution in [3.05, 3.63) is 59.7 Å². The minimum Gasteiger partial charge on any atom is -0.366 e. The quantitative estimate of drug-likeness (QED) is 0.795. The van der Waals surface area contributed by atoms with E-state index in [2.05, 4.69) is 26.3 Å². The number of anilines is 1. The van der Waals surface area contributed by atoms with Gasteiger partial charge in [-0.1, -0.05) is 18.2 Å². The standard InChI is InChI=1S/C19H19N5O/c1-12(2)24-10-15-17(19(24)25)22-11-23-18(15)21-9-13-7-14-5-3-4-6-16(14)20-8-13/h3-8,11-12H,9-10H2,1-2H3,(H,21,22,23). The number of benzene rings is 1. The first kappa shape index (κ1) is 15.5. The smallest absolute Gasteiger partial charge is 0.273 e. The van der Waals surface area contributed by atoms with Gasteiger partial charge in [0.1, 0.15) is 17.8 Å². The number of rotatable bonds is 4. The van der Waals surface area contributed by atoms with Gasteiger partial charge in [0.2, 0.25) is 0 Å². The first-order chi connectivity index (χ1) is 12.1. The fourth-order valence-electron chi connectivity index (χ4n) is 3.09. The van der Waals surface area contributed by atoms with Crippen molar-refractivity contribution < 1.29 is 4.79 Å². The van der Waals surface area contributed by atoms with Crippen molar-refractivity contribution in [3.8, 4) is 0 Å². The van der Waals surface area contributed by atoms with Crippen molar-refractivity contribution in [2.45, 2.75) is 33.0 Å². The Labute approximate surface area is 145 Å². The Kier molecular flexibility index (Phi) is 3.80. The van der Waals surface area contributed by atoms with E-state index in [9.17, 15) is 4.79 Å². The number of amides is 1. The van der Waals surface area contributed by atoms with Crippen molar-refractivity contribution in [1.29, 1.82) is 0 Å². The summed E-state index contributed by atoms with van der Waals surface area (Å²) in [6.07, 6.45) is 3.31. The van der Waals surface area contributed by atoms with Gasteiger partial charge >= 0.3 is 0 Å². The number of nitrogens with one attached hydrogen (secondary N) is 1. The summed E-state index contributed by atoms with van der Waals surface area (Å²) in [5.74, 6) is 0.692. The van der Waals surface area contributed by atoms with E-state index in [1.54, 1.807) is 0 Å². The first-order valence-electron chi connectivity index (χ1n) is 8.36. The Morgan fingerprint density at radius 3 is 2.88 bits per heavy atom. The molecule has 1 amide bonds. The average molecular weight is 333 g/mol. The number of pyridine rings is 1. The van der Waals surface area contributed by atoms with Gasteiger partial charge in [0.15, 0.2) is 0 Å². The molecule has 126 valence electrons. The molecule has 0 atom stereocenters. The first-order valence-corrected chi connectivity index (χ1v) is 8.36. The van der Waals surface area contributed by atoms with Crippen LogP contribution in [0.25, 0.3) is 10.9 Å². The molecule has 0 aliphatic carbocycles. The van der Waals surface area contributed by atoms with Crippen molar-refractivity contribution in [1.82, 2.24) is 19.9 Å². The van der Waals surface area contributed by atoms with Crippen LogP contribution in [0.3, 0.4) is 0 Å². The molecule has 0 fully saturated rings. The monoisotopic (exact) mass is 333 g/mol. The lowest BCUT2D eigenvalue weighted by molar-refractivity contribution is 0.0726. The number of carbonyl (C=O) groups excluding carboxylic acids is 1. The lowest BCUT2D eigenvalue weighted by Gasteiger charge is -2.19. The molecule has 0 saturated carbocycles. The van der Waals surface area contributed by atoms with E-state index in [0.717, 1.165) is 27.8 Å². The fourth-order valence-corrected chi connectivity index (χ4v) is 3.09. The van der Waals surface area contributed by atoms with E-state index >= 15 is 0 Å². The molecule has 0 radical (unpaired) electrons. The summed E-state index contributed by atoms with van der Waals surface area (Å²) < 4.78 is 0. The molecule has 3 heterocycles. The number of aromatic nitrogens is 3. The number of para-hydroxylation sites is 1. The van der Waals surface area contributed by atoms with Crippen LogP contribution >= 0.6 is 0 Å². The highest BCUT2D eigenvalue weighted by molar-refractivity contribution is 5.97. The fraction of sp³-hybridized carbons (Fsp3) is 0.263. The van der Waals surface area contributed by atoms with Gasteiger partial charge in [0.05, 0.1) is 12.1 Å². The second-order valence-electron chi connectivity index (χ2n) is 6.47. The number of nitrogens with zero attached hydrogens (tertiary/aromatic N) is 4. The lowest BCUT2D eigenvalue weighted by Crippen LogP contribution is -2.31. The van der Waals surface area contributed by atoms with Crippen LogP contribution in [0, 0.1) is 0 Å². The molecular formula is C19H19N5O. The van der Waals surface area contributed by atoms with Gasteiger partial charge in [-0.2, -0.15) is 0 Å². The maximum absolute atomic E-state index is 12.4. The Balaban J connectivity index is 1.57. The Hall–Kier alpha value is -3.02. The van der Waals surface area contributed by atoms with Crippen LogP contribution < -0.4 is 5.32 Å². The highest BCUT2D eigenvalue weighted by Gasteiger charge is 2.32. The van der Waals surface area contributed by atoms with Gasteiger partial charge < -0.3 is 10.2 Å². The molecule has 0 bridgehead atoms. The van der Waals surface area contributed by atoms with Crippen LogP contribution in [0.5, 0.6) is 0 Å². The van der Waals surface area contributed by atoms with Crippen molar-refractivity contribution in [3.63, 3.8) is 0 Å². The molecule has 1 aliphatic heterocycles. The SMILES string of the molecule is CC(C)N1Cc2c(NCc3cnc4ccccc4c3)ncnc2C1=O. The number of carbonyl (C=O) groups is 1. The van der Waals surface area contributed by atoms with E-state index in [4.69, 9.17) is 0 Å². The average Bonchev–Trinajstić information content (AvgIpc) is 2.97. The van der Waals surface area contributed by atoms with E-state index in [1.807, 2.05) is 49.2 Å². The van der Waals surface area contributed by atoms with Gasteiger partial charge in [-0.15, -0.1) is 0 Å². The van der Waals surface area contributed by atoms with Crippen molar-refractivity contribution >= 4 is 22.6 Å². The Bertz CT molecular complexity index is 953. The maximum atomic E-state index is 12.4. The summed E-state index contributed by atoms with van der Waals surface area (Å²) >= 11 is 0. The van der Waals surface area contributed by atoms with Crippen LogP contribution in [0.4, 0.5) is 5.82 Å². The summed E-state index contributed by atoms with van der Waals surface area (Å²) in [5.41, 5.74) is 3.42. The second kappa shape index (κ2) is 6.12. The summed E-state index contributed by atoms with van der Waals surface area (Å²) in [6.45, 7) is 5.15. The highest BCUT2D eigenvalue weighted by Crippen LogP contribution is 2.27. The molecule has 2 aromatic heterocycles. The predicted molar refractivity (Wildman–Crippen MR) is 96.1 cm³/mol. The van der Waals surface area contributed by atoms with Gasteiger partial charge in [-0.3, -0.25) is 9.78 Å². The third-order valence-corrected chi connectivity index (χ3v) is 4.47. The van der Waals surface area contributed by atoms with Crippen LogP contribution in [0.15, 0.2) is 42.9 Å². The summed E-state index contributed by atoms with van der Waals surface area (Å²) in [4.78, 5) is 27.2. The molecule has 6 nitrogen and oxygen atoms in total.